The van der Waals surface area contributed by atoms with Gasteiger partial charge in [0, 0.05) is 27.7 Å². The molecule has 0 saturated heterocycles. The van der Waals surface area contributed by atoms with E-state index in [4.69, 9.17) is 4.42 Å². The Morgan fingerprint density at radius 1 is 0.258 bits per heavy atom. The van der Waals surface area contributed by atoms with Crippen LogP contribution in [-0.2, 0) is 0 Å². The first kappa shape index (κ1) is 37.8. The molecule has 308 valence electrons. The van der Waals surface area contributed by atoms with Crippen molar-refractivity contribution in [2.45, 2.75) is 0 Å². The van der Waals surface area contributed by atoms with Gasteiger partial charge < -0.3 is 9.32 Å². The number of benzene rings is 12. The Hall–Kier alpha value is -8.72. The lowest BCUT2D eigenvalue weighted by atomic mass is 9.84. The van der Waals surface area contributed by atoms with Crippen LogP contribution in [0, 0.1) is 0 Å². The van der Waals surface area contributed by atoms with Crippen molar-refractivity contribution in [2.24, 2.45) is 0 Å². The normalized spacial score (nSPS) is 11.6. The lowest BCUT2D eigenvalue weighted by Crippen LogP contribution is -2.11. The third-order valence-electron chi connectivity index (χ3n) is 13.4. The summed E-state index contributed by atoms with van der Waals surface area (Å²) in [5.74, 6) is 0. The van der Waals surface area contributed by atoms with E-state index in [0.29, 0.717) is 0 Å². The second kappa shape index (κ2) is 15.5. The molecule has 0 aliphatic rings. The Labute approximate surface area is 382 Å². The monoisotopic (exact) mass is 839 g/mol. The summed E-state index contributed by atoms with van der Waals surface area (Å²) >= 11 is 0. The highest BCUT2D eigenvalue weighted by Crippen LogP contribution is 2.48. The van der Waals surface area contributed by atoms with Gasteiger partial charge in [0.15, 0.2) is 0 Å². The molecule has 12 aromatic carbocycles. The maximum atomic E-state index is 6.35. The zero-order chi connectivity index (χ0) is 43.6. The largest absolute Gasteiger partial charge is 0.456 e. The van der Waals surface area contributed by atoms with Gasteiger partial charge in [0.05, 0.1) is 5.69 Å². The van der Waals surface area contributed by atoms with Gasteiger partial charge in [0.2, 0.25) is 0 Å². The number of rotatable bonds is 7. The van der Waals surface area contributed by atoms with E-state index in [2.05, 4.69) is 241 Å². The highest BCUT2D eigenvalue weighted by atomic mass is 16.3. The summed E-state index contributed by atoms with van der Waals surface area (Å²) in [5, 5.41) is 12.2. The van der Waals surface area contributed by atoms with Gasteiger partial charge >= 0.3 is 0 Å². The molecule has 0 bridgehead atoms. The summed E-state index contributed by atoms with van der Waals surface area (Å²) in [6.07, 6.45) is 0. The molecule has 13 rings (SSSR count). The standard InChI is InChI=1S/C64H41NO/c1-3-16-44(17-4-1)63-57-24-10-9-22-54(57)55-37-32-48(40-59(55)64(63)45-18-5-2-6-19-45)53-21-11-13-25-60(53)65(50-35-38-62-58(41-50)56-23-12-14-26-61(56)66-62)49-33-29-42(30-34-49)46-31-36-52-47(39-46)28-27-43-15-7-8-20-51(43)52/h1-41H. The summed E-state index contributed by atoms with van der Waals surface area (Å²) in [4.78, 5) is 2.41. The molecule has 0 saturated carbocycles. The van der Waals surface area contributed by atoms with Crippen LogP contribution in [0.25, 0.3) is 110 Å². The minimum Gasteiger partial charge on any atom is -0.456 e. The zero-order valence-electron chi connectivity index (χ0n) is 36.0. The summed E-state index contributed by atoms with van der Waals surface area (Å²) in [7, 11) is 0. The number of hydrogen-bond acceptors (Lipinski definition) is 2. The van der Waals surface area contributed by atoms with Crippen molar-refractivity contribution in [3.8, 4) is 44.5 Å². The van der Waals surface area contributed by atoms with Gasteiger partial charge in [-0.2, -0.15) is 0 Å². The van der Waals surface area contributed by atoms with Crippen LogP contribution >= 0.6 is 0 Å². The molecule has 0 aliphatic heterocycles. The smallest absolute Gasteiger partial charge is 0.135 e. The molecule has 0 aliphatic carbocycles. The first-order chi connectivity index (χ1) is 32.7. The molecule has 2 heteroatoms. The van der Waals surface area contributed by atoms with Crippen molar-refractivity contribution in [3.05, 3.63) is 249 Å². The predicted molar refractivity (Wildman–Crippen MR) is 280 cm³/mol. The summed E-state index contributed by atoms with van der Waals surface area (Å²) in [6, 6.07) is 90.4. The molecule has 0 spiro atoms. The van der Waals surface area contributed by atoms with Crippen molar-refractivity contribution in [3.63, 3.8) is 0 Å². The number of anilines is 3. The third kappa shape index (κ3) is 6.26. The van der Waals surface area contributed by atoms with E-state index in [1.165, 1.54) is 76.5 Å². The van der Waals surface area contributed by atoms with Crippen LogP contribution in [-0.4, -0.2) is 0 Å². The Kier molecular flexibility index (Phi) is 8.89. The molecule has 13 aromatic rings. The fraction of sp³-hybridized carbons (Fsp3) is 0. The van der Waals surface area contributed by atoms with Gasteiger partial charge in [-0.25, -0.2) is 0 Å². The van der Waals surface area contributed by atoms with Gasteiger partial charge in [-0.3, -0.25) is 0 Å². The summed E-state index contributed by atoms with van der Waals surface area (Å²) in [5.41, 5.74) is 14.5. The van der Waals surface area contributed by atoms with Crippen molar-refractivity contribution >= 4 is 82.1 Å². The fourth-order valence-electron chi connectivity index (χ4n) is 10.4. The molecule has 1 heterocycles. The molecule has 0 amide bonds. The van der Waals surface area contributed by atoms with Crippen molar-refractivity contribution in [1.82, 2.24) is 0 Å². The molecule has 0 radical (unpaired) electrons. The Balaban J connectivity index is 1.01. The van der Waals surface area contributed by atoms with E-state index >= 15 is 0 Å². The minimum absolute atomic E-state index is 0.872. The van der Waals surface area contributed by atoms with Crippen LogP contribution < -0.4 is 4.90 Å². The lowest BCUT2D eigenvalue weighted by molar-refractivity contribution is 0.669. The van der Waals surface area contributed by atoms with E-state index in [-0.39, 0.29) is 0 Å². The quantitative estimate of drug-likeness (QED) is 0.149. The Bertz CT molecular complexity index is 3980. The van der Waals surface area contributed by atoms with Gasteiger partial charge in [0.1, 0.15) is 11.2 Å². The van der Waals surface area contributed by atoms with E-state index in [1.807, 2.05) is 12.1 Å². The average Bonchev–Trinajstić information content (AvgIpc) is 3.77. The van der Waals surface area contributed by atoms with Crippen molar-refractivity contribution in [2.75, 3.05) is 4.90 Å². The van der Waals surface area contributed by atoms with Crippen LogP contribution in [0.15, 0.2) is 253 Å². The first-order valence-corrected chi connectivity index (χ1v) is 22.7. The van der Waals surface area contributed by atoms with E-state index in [9.17, 15) is 0 Å². The van der Waals surface area contributed by atoms with Crippen LogP contribution in [0.2, 0.25) is 0 Å². The number of furan rings is 1. The van der Waals surface area contributed by atoms with Gasteiger partial charge in [0.25, 0.3) is 0 Å². The number of nitrogens with zero attached hydrogens (tertiary/aromatic N) is 1. The SMILES string of the molecule is c1ccc(-c2c(-c3ccccc3)c3cc(-c4ccccc4N(c4ccc(-c5ccc6c(ccc7ccccc76)c5)cc4)c4ccc5oc6ccccc6c5c4)ccc3c3ccccc23)cc1. The van der Waals surface area contributed by atoms with Gasteiger partial charge in [-0.05, 0) is 137 Å². The lowest BCUT2D eigenvalue weighted by Gasteiger charge is -2.28. The van der Waals surface area contributed by atoms with Crippen LogP contribution in [0.3, 0.4) is 0 Å². The first-order valence-electron chi connectivity index (χ1n) is 22.7. The topological polar surface area (TPSA) is 16.4 Å². The maximum absolute atomic E-state index is 6.35. The zero-order valence-corrected chi connectivity index (χ0v) is 36.0. The van der Waals surface area contributed by atoms with E-state index < -0.39 is 0 Å². The third-order valence-corrected chi connectivity index (χ3v) is 13.4. The Morgan fingerprint density at radius 2 is 0.803 bits per heavy atom. The van der Waals surface area contributed by atoms with Crippen LogP contribution in [0.1, 0.15) is 0 Å². The van der Waals surface area contributed by atoms with Gasteiger partial charge in [-0.1, -0.05) is 194 Å². The van der Waals surface area contributed by atoms with Crippen molar-refractivity contribution < 1.29 is 4.42 Å². The van der Waals surface area contributed by atoms with Crippen LogP contribution in [0.4, 0.5) is 17.1 Å². The predicted octanol–water partition coefficient (Wildman–Crippen LogP) is 18.3. The maximum Gasteiger partial charge on any atom is 0.135 e. The fourth-order valence-corrected chi connectivity index (χ4v) is 10.4. The summed E-state index contributed by atoms with van der Waals surface area (Å²) < 4.78 is 6.35. The molecule has 1 aromatic heterocycles. The van der Waals surface area contributed by atoms with E-state index in [0.717, 1.165) is 50.1 Å². The minimum atomic E-state index is 0.872. The summed E-state index contributed by atoms with van der Waals surface area (Å²) in [6.45, 7) is 0. The average molecular weight is 840 g/mol. The van der Waals surface area contributed by atoms with Crippen molar-refractivity contribution in [1.29, 1.82) is 0 Å². The van der Waals surface area contributed by atoms with Gasteiger partial charge in [-0.15, -0.1) is 0 Å². The van der Waals surface area contributed by atoms with Crippen LogP contribution in [0.5, 0.6) is 0 Å². The molecule has 0 atom stereocenters. The molecule has 66 heavy (non-hydrogen) atoms. The second-order valence-corrected chi connectivity index (χ2v) is 17.2. The second-order valence-electron chi connectivity index (χ2n) is 17.2. The molecule has 0 unspecified atom stereocenters. The number of para-hydroxylation sites is 2. The molecular formula is C64H41NO. The Morgan fingerprint density at radius 3 is 1.61 bits per heavy atom. The highest BCUT2D eigenvalue weighted by Gasteiger charge is 2.22. The molecule has 0 N–H and O–H groups in total. The highest BCUT2D eigenvalue weighted by molar-refractivity contribution is 6.22. The number of hydrogen-bond donors (Lipinski definition) is 0. The molecule has 2 nitrogen and oxygen atoms in total. The molecular weight excluding hydrogens is 799 g/mol. The number of fused-ring (bicyclic) bond motifs is 9. The molecule has 0 fully saturated rings. The van der Waals surface area contributed by atoms with E-state index in [1.54, 1.807) is 0 Å².